The molecule has 20 heavy (non-hydrogen) atoms. The van der Waals surface area contributed by atoms with Crippen LogP contribution in [0.4, 0.5) is 16.3 Å². The van der Waals surface area contributed by atoms with Crippen molar-refractivity contribution < 1.29 is 4.79 Å². The van der Waals surface area contributed by atoms with E-state index in [1.54, 1.807) is 12.3 Å². The van der Waals surface area contributed by atoms with Gasteiger partial charge in [0.2, 0.25) is 0 Å². The minimum Gasteiger partial charge on any atom is -0.291 e. The van der Waals surface area contributed by atoms with Gasteiger partial charge in [0, 0.05) is 6.20 Å². The lowest BCUT2D eigenvalue weighted by molar-refractivity contribution is 0.260. The van der Waals surface area contributed by atoms with Gasteiger partial charge < -0.3 is 0 Å². The molecular formula is C14H14ClN3OS. The second-order valence-electron chi connectivity index (χ2n) is 4.32. The number of para-hydroxylation sites is 1. The summed E-state index contributed by atoms with van der Waals surface area (Å²) in [4.78, 5) is 16.3. The van der Waals surface area contributed by atoms with Crippen LogP contribution in [0.1, 0.15) is 11.1 Å². The molecule has 104 valence electrons. The van der Waals surface area contributed by atoms with Crippen LogP contribution in [0.25, 0.3) is 0 Å². The van der Waals surface area contributed by atoms with E-state index in [-0.39, 0.29) is 0 Å². The van der Waals surface area contributed by atoms with Crippen LogP contribution in [0.2, 0.25) is 5.02 Å². The number of benzene rings is 1. The number of amides is 2. The summed E-state index contributed by atoms with van der Waals surface area (Å²) in [5.41, 5.74) is 2.29. The predicted octanol–water partition coefficient (Wildman–Crippen LogP) is 4.24. The lowest BCUT2D eigenvalue weighted by atomic mass is 10.2. The van der Waals surface area contributed by atoms with E-state index >= 15 is 0 Å². The highest BCUT2D eigenvalue weighted by atomic mass is 35.5. The lowest BCUT2D eigenvalue weighted by Crippen LogP contribution is -2.28. The quantitative estimate of drug-likeness (QED) is 0.815. The van der Waals surface area contributed by atoms with Crippen LogP contribution in [0.15, 0.2) is 36.5 Å². The SMILES string of the molecule is Cc1cccnc1NC(=O)N(S)c1c(C)cccc1Cl. The van der Waals surface area contributed by atoms with Crippen LogP contribution in [-0.4, -0.2) is 11.0 Å². The second kappa shape index (κ2) is 6.15. The van der Waals surface area contributed by atoms with Crippen LogP contribution in [0.5, 0.6) is 0 Å². The number of thiol groups is 1. The first-order valence-corrected chi connectivity index (χ1v) is 6.75. The van der Waals surface area contributed by atoms with Crippen molar-refractivity contribution in [2.24, 2.45) is 0 Å². The Bertz CT molecular complexity index is 628. The fraction of sp³-hybridized carbons (Fsp3) is 0.143. The van der Waals surface area contributed by atoms with Crippen molar-refractivity contribution in [3.05, 3.63) is 52.7 Å². The third kappa shape index (κ3) is 3.05. The molecule has 1 heterocycles. The molecule has 1 N–H and O–H groups in total. The minimum atomic E-state index is -0.411. The lowest BCUT2D eigenvalue weighted by Gasteiger charge is -2.20. The fourth-order valence-corrected chi connectivity index (χ4v) is 2.44. The van der Waals surface area contributed by atoms with Crippen molar-refractivity contribution in [3.63, 3.8) is 0 Å². The molecule has 4 nitrogen and oxygen atoms in total. The van der Waals surface area contributed by atoms with Crippen LogP contribution in [0.3, 0.4) is 0 Å². The molecular weight excluding hydrogens is 294 g/mol. The topological polar surface area (TPSA) is 45.2 Å². The van der Waals surface area contributed by atoms with E-state index in [2.05, 4.69) is 23.1 Å². The molecule has 2 rings (SSSR count). The van der Waals surface area contributed by atoms with Gasteiger partial charge in [0.1, 0.15) is 5.82 Å². The van der Waals surface area contributed by atoms with E-state index in [0.29, 0.717) is 16.5 Å². The van der Waals surface area contributed by atoms with Crippen molar-refractivity contribution in [1.82, 2.24) is 4.98 Å². The largest absolute Gasteiger partial charge is 0.337 e. The zero-order chi connectivity index (χ0) is 14.7. The number of aryl methyl sites for hydroxylation is 2. The zero-order valence-electron chi connectivity index (χ0n) is 11.1. The van der Waals surface area contributed by atoms with Gasteiger partial charge in [-0.3, -0.25) is 5.32 Å². The average molecular weight is 308 g/mol. The number of rotatable bonds is 2. The van der Waals surface area contributed by atoms with Crippen molar-refractivity contribution in [3.8, 4) is 0 Å². The van der Waals surface area contributed by atoms with Crippen LogP contribution < -0.4 is 9.62 Å². The number of aromatic nitrogens is 1. The first-order chi connectivity index (χ1) is 9.50. The number of carbonyl (C=O) groups is 1. The smallest absolute Gasteiger partial charge is 0.291 e. The molecule has 1 aromatic heterocycles. The third-order valence-electron chi connectivity index (χ3n) is 2.83. The van der Waals surface area contributed by atoms with Gasteiger partial charge in [-0.15, -0.1) is 0 Å². The van der Waals surface area contributed by atoms with Gasteiger partial charge >= 0.3 is 6.03 Å². The Morgan fingerprint density at radius 3 is 2.60 bits per heavy atom. The maximum atomic E-state index is 12.2. The molecule has 0 radical (unpaired) electrons. The van der Waals surface area contributed by atoms with E-state index in [4.69, 9.17) is 11.6 Å². The van der Waals surface area contributed by atoms with Crippen molar-refractivity contribution in [1.29, 1.82) is 0 Å². The summed E-state index contributed by atoms with van der Waals surface area (Å²) in [6.07, 6.45) is 1.62. The molecule has 1 aromatic carbocycles. The predicted molar refractivity (Wildman–Crippen MR) is 85.6 cm³/mol. The Morgan fingerprint density at radius 2 is 1.95 bits per heavy atom. The molecule has 0 bridgehead atoms. The molecule has 0 spiro atoms. The molecule has 0 atom stereocenters. The van der Waals surface area contributed by atoms with E-state index in [1.165, 1.54) is 4.31 Å². The third-order valence-corrected chi connectivity index (χ3v) is 3.51. The molecule has 2 amide bonds. The van der Waals surface area contributed by atoms with Gasteiger partial charge in [0.25, 0.3) is 0 Å². The van der Waals surface area contributed by atoms with E-state index in [9.17, 15) is 4.79 Å². The van der Waals surface area contributed by atoms with E-state index in [0.717, 1.165) is 11.1 Å². The van der Waals surface area contributed by atoms with E-state index in [1.807, 2.05) is 38.1 Å². The Labute approximate surface area is 128 Å². The summed E-state index contributed by atoms with van der Waals surface area (Å²) < 4.78 is 1.19. The molecule has 0 aliphatic carbocycles. The molecule has 0 saturated carbocycles. The highest BCUT2D eigenvalue weighted by Gasteiger charge is 2.18. The zero-order valence-corrected chi connectivity index (χ0v) is 12.7. The maximum absolute atomic E-state index is 12.2. The maximum Gasteiger partial charge on any atom is 0.337 e. The number of nitrogens with zero attached hydrogens (tertiary/aromatic N) is 2. The van der Waals surface area contributed by atoms with Gasteiger partial charge in [-0.25, -0.2) is 14.1 Å². The highest BCUT2D eigenvalue weighted by molar-refractivity contribution is 7.82. The number of pyridine rings is 1. The first-order valence-electron chi connectivity index (χ1n) is 5.97. The molecule has 0 aliphatic rings. The Morgan fingerprint density at radius 1 is 1.25 bits per heavy atom. The molecule has 2 aromatic rings. The van der Waals surface area contributed by atoms with Gasteiger partial charge in [-0.05, 0) is 37.1 Å². The fourth-order valence-electron chi connectivity index (χ4n) is 1.76. The summed E-state index contributed by atoms with van der Waals surface area (Å²) in [7, 11) is 0. The second-order valence-corrected chi connectivity index (χ2v) is 5.12. The normalized spacial score (nSPS) is 10.2. The van der Waals surface area contributed by atoms with Gasteiger partial charge in [-0.1, -0.05) is 42.6 Å². The molecule has 0 saturated heterocycles. The average Bonchev–Trinajstić information content (AvgIpc) is 2.41. The molecule has 0 unspecified atom stereocenters. The van der Waals surface area contributed by atoms with Crippen molar-refractivity contribution in [2.45, 2.75) is 13.8 Å². The van der Waals surface area contributed by atoms with Crippen LogP contribution in [-0.2, 0) is 0 Å². The number of hydrogen-bond acceptors (Lipinski definition) is 3. The summed E-state index contributed by atoms with van der Waals surface area (Å²) in [6.45, 7) is 3.73. The summed E-state index contributed by atoms with van der Waals surface area (Å²) in [5.74, 6) is 0.501. The number of anilines is 2. The number of halogens is 1. The number of carbonyl (C=O) groups excluding carboxylic acids is 1. The summed E-state index contributed by atoms with van der Waals surface area (Å²) >= 11 is 10.3. The molecule has 0 aliphatic heterocycles. The van der Waals surface area contributed by atoms with Gasteiger partial charge in [0.15, 0.2) is 0 Å². The molecule has 6 heteroatoms. The minimum absolute atomic E-state index is 0.411. The monoisotopic (exact) mass is 307 g/mol. The van der Waals surface area contributed by atoms with Gasteiger partial charge in [0.05, 0.1) is 10.7 Å². The van der Waals surface area contributed by atoms with Crippen LogP contribution >= 0.6 is 24.4 Å². The first kappa shape index (κ1) is 14.7. The number of hydrogen-bond donors (Lipinski definition) is 2. The van der Waals surface area contributed by atoms with Crippen molar-refractivity contribution >= 4 is 42.0 Å². The Kier molecular flexibility index (Phi) is 4.52. The highest BCUT2D eigenvalue weighted by Crippen LogP contribution is 2.31. The number of urea groups is 1. The summed E-state index contributed by atoms with van der Waals surface area (Å²) in [5, 5.41) is 3.17. The standard InChI is InChI=1S/C14H14ClN3OS/c1-9-5-3-7-11(15)12(9)18(20)14(19)17-13-10(2)6-4-8-16-13/h3-8,20H,1-2H3,(H,16,17,19). The number of nitrogens with one attached hydrogen (secondary N) is 1. The van der Waals surface area contributed by atoms with Crippen molar-refractivity contribution in [2.75, 3.05) is 9.62 Å². The van der Waals surface area contributed by atoms with Crippen LogP contribution in [0, 0.1) is 13.8 Å². The Balaban J connectivity index is 2.24. The molecule has 0 fully saturated rings. The van der Waals surface area contributed by atoms with Gasteiger partial charge in [-0.2, -0.15) is 0 Å². The Hall–Kier alpha value is -1.72. The van der Waals surface area contributed by atoms with E-state index < -0.39 is 6.03 Å². The summed E-state index contributed by atoms with van der Waals surface area (Å²) in [6, 6.07) is 8.67.